The van der Waals surface area contributed by atoms with Crippen LogP contribution >= 0.6 is 0 Å². The van der Waals surface area contributed by atoms with Gasteiger partial charge in [-0.25, -0.2) is 4.98 Å². The normalized spacial score (nSPS) is 11.3. The van der Waals surface area contributed by atoms with Gasteiger partial charge in [0, 0.05) is 62.6 Å². The second-order valence-corrected chi connectivity index (χ2v) is 8.11. The molecule has 1 amide bonds. The zero-order valence-electron chi connectivity index (χ0n) is 19.2. The summed E-state index contributed by atoms with van der Waals surface area (Å²) in [5, 5.41) is 8.44. The fourth-order valence-electron chi connectivity index (χ4n) is 3.97. The lowest BCUT2D eigenvalue weighted by molar-refractivity contribution is 0.0995. The first-order valence-electron chi connectivity index (χ1n) is 10.9. The van der Waals surface area contributed by atoms with Crippen molar-refractivity contribution in [2.75, 3.05) is 13.7 Å². The van der Waals surface area contributed by atoms with Crippen LogP contribution in [0.1, 0.15) is 28.0 Å². The number of aryl methyl sites for hydroxylation is 2. The number of primary amides is 1. The van der Waals surface area contributed by atoms with Gasteiger partial charge in [0.2, 0.25) is 5.88 Å². The van der Waals surface area contributed by atoms with E-state index in [4.69, 9.17) is 10.5 Å². The number of carbonyl (C=O) groups excluding carboxylic acids is 1. The fourth-order valence-corrected chi connectivity index (χ4v) is 3.97. The lowest BCUT2D eigenvalue weighted by atomic mass is 10.1. The number of pyridine rings is 2. The molecule has 34 heavy (non-hydrogen) atoms. The van der Waals surface area contributed by atoms with E-state index in [2.05, 4.69) is 20.2 Å². The van der Waals surface area contributed by atoms with Crippen LogP contribution in [0.15, 0.2) is 59.8 Å². The predicted molar refractivity (Wildman–Crippen MR) is 127 cm³/mol. The minimum atomic E-state index is -0.605. The molecule has 10 nitrogen and oxygen atoms in total. The zero-order valence-corrected chi connectivity index (χ0v) is 19.2. The predicted octanol–water partition coefficient (Wildman–Crippen LogP) is 1.72. The van der Waals surface area contributed by atoms with E-state index in [0.717, 1.165) is 23.1 Å². The third kappa shape index (κ3) is 5.29. The summed E-state index contributed by atoms with van der Waals surface area (Å²) in [7, 11) is 3.53. The number of benzene rings is 1. The van der Waals surface area contributed by atoms with E-state index < -0.39 is 5.91 Å². The number of amides is 1. The van der Waals surface area contributed by atoms with Crippen molar-refractivity contribution >= 4 is 16.8 Å². The van der Waals surface area contributed by atoms with E-state index in [1.807, 2.05) is 54.2 Å². The molecule has 0 atom stereocenters. The highest BCUT2D eigenvalue weighted by Gasteiger charge is 2.14. The molecule has 0 unspecified atom stereocenters. The van der Waals surface area contributed by atoms with Crippen LogP contribution in [0, 0.1) is 0 Å². The fraction of sp³-hybridized carbons (Fsp3) is 0.292. The molecular formula is C24H27N7O3. The number of fused-ring (bicyclic) bond motifs is 1. The Balaban J connectivity index is 1.55. The summed E-state index contributed by atoms with van der Waals surface area (Å²) < 4.78 is 8.85. The van der Waals surface area contributed by atoms with Crippen LogP contribution in [0.5, 0.6) is 5.88 Å². The molecular weight excluding hydrogens is 434 g/mol. The lowest BCUT2D eigenvalue weighted by Crippen LogP contribution is -2.28. The van der Waals surface area contributed by atoms with Crippen LogP contribution in [0.4, 0.5) is 0 Å². The third-order valence-electron chi connectivity index (χ3n) is 5.63. The summed E-state index contributed by atoms with van der Waals surface area (Å²) in [6, 6.07) is 11.4. The number of para-hydroxylation sites is 1. The second-order valence-electron chi connectivity index (χ2n) is 8.11. The number of aromatic nitrogens is 5. The molecule has 10 heteroatoms. The zero-order chi connectivity index (χ0) is 24.1. The van der Waals surface area contributed by atoms with Gasteiger partial charge in [-0.15, -0.1) is 5.10 Å². The third-order valence-corrected chi connectivity index (χ3v) is 5.63. The molecule has 0 aliphatic heterocycles. The number of hydrogen-bond donors (Lipinski definition) is 1. The smallest absolute Gasteiger partial charge is 0.270 e. The molecule has 2 N–H and O–H groups in total. The molecule has 3 heterocycles. The Labute approximate surface area is 196 Å². The van der Waals surface area contributed by atoms with Crippen LogP contribution < -0.4 is 15.9 Å². The van der Waals surface area contributed by atoms with Crippen LogP contribution in [-0.4, -0.2) is 49.0 Å². The summed E-state index contributed by atoms with van der Waals surface area (Å²) in [4.78, 5) is 30.8. The Morgan fingerprint density at radius 1 is 1.18 bits per heavy atom. The van der Waals surface area contributed by atoms with Crippen molar-refractivity contribution in [3.8, 4) is 5.88 Å². The van der Waals surface area contributed by atoms with Crippen molar-refractivity contribution in [3.63, 3.8) is 0 Å². The molecule has 0 aliphatic rings. The van der Waals surface area contributed by atoms with Gasteiger partial charge in [-0.05, 0) is 30.2 Å². The number of methoxy groups -OCH3 is 1. The van der Waals surface area contributed by atoms with Gasteiger partial charge in [-0.1, -0.05) is 17.3 Å². The van der Waals surface area contributed by atoms with E-state index in [-0.39, 0.29) is 11.1 Å². The van der Waals surface area contributed by atoms with Crippen molar-refractivity contribution in [3.05, 3.63) is 82.0 Å². The quantitative estimate of drug-likeness (QED) is 0.382. The first-order valence-corrected chi connectivity index (χ1v) is 10.9. The van der Waals surface area contributed by atoms with Gasteiger partial charge in [-0.3, -0.25) is 19.2 Å². The molecule has 0 aliphatic carbocycles. The molecule has 0 saturated carbocycles. The van der Waals surface area contributed by atoms with Gasteiger partial charge in [0.15, 0.2) is 11.1 Å². The maximum Gasteiger partial charge on any atom is 0.270 e. The molecule has 0 bridgehead atoms. The molecule has 4 aromatic rings. The van der Waals surface area contributed by atoms with E-state index >= 15 is 0 Å². The second kappa shape index (κ2) is 10.3. The van der Waals surface area contributed by atoms with Crippen LogP contribution in [-0.2, 0) is 26.7 Å². The molecule has 0 spiro atoms. The van der Waals surface area contributed by atoms with Crippen molar-refractivity contribution in [2.24, 2.45) is 12.8 Å². The van der Waals surface area contributed by atoms with Crippen LogP contribution in [0.25, 0.3) is 10.9 Å². The van der Waals surface area contributed by atoms with Crippen molar-refractivity contribution < 1.29 is 9.53 Å². The summed E-state index contributed by atoms with van der Waals surface area (Å²) in [5.41, 5.74) is 8.08. The largest absolute Gasteiger partial charge is 0.481 e. The molecule has 1 aromatic carbocycles. The van der Waals surface area contributed by atoms with Gasteiger partial charge < -0.3 is 15.0 Å². The van der Waals surface area contributed by atoms with Crippen molar-refractivity contribution in [1.82, 2.24) is 29.4 Å². The highest BCUT2D eigenvalue weighted by atomic mass is 16.5. The molecule has 3 aromatic heterocycles. The number of nitrogens with zero attached hydrogens (tertiary/aromatic N) is 6. The average molecular weight is 462 g/mol. The molecule has 0 radical (unpaired) electrons. The minimum absolute atomic E-state index is 0.0355. The number of ether oxygens (including phenoxy) is 1. The number of carbonyl (C=O) groups is 1. The van der Waals surface area contributed by atoms with Crippen molar-refractivity contribution in [2.45, 2.75) is 26.1 Å². The maximum absolute atomic E-state index is 13.2. The maximum atomic E-state index is 13.2. The Bertz CT molecular complexity index is 1360. The topological polar surface area (TPSA) is 121 Å². The van der Waals surface area contributed by atoms with E-state index in [0.29, 0.717) is 37.4 Å². The summed E-state index contributed by atoms with van der Waals surface area (Å²) in [5.74, 6) is -0.0627. The Morgan fingerprint density at radius 3 is 2.76 bits per heavy atom. The highest BCUT2D eigenvalue weighted by Crippen LogP contribution is 2.15. The number of rotatable bonds is 10. The van der Waals surface area contributed by atoms with Gasteiger partial charge in [0.1, 0.15) is 0 Å². The van der Waals surface area contributed by atoms with Gasteiger partial charge >= 0.3 is 0 Å². The SMILES string of the molecule is COc1cc(CN(CCCn2cc(C(N)=O)nn2)Cc2cn(C)c3ccccc3c2=O)ccn1. The summed E-state index contributed by atoms with van der Waals surface area (Å²) >= 11 is 0. The van der Waals surface area contributed by atoms with Gasteiger partial charge in [0.25, 0.3) is 5.91 Å². The molecule has 4 rings (SSSR count). The van der Waals surface area contributed by atoms with E-state index in [9.17, 15) is 9.59 Å². The molecule has 0 fully saturated rings. The van der Waals surface area contributed by atoms with E-state index in [1.165, 1.54) is 0 Å². The minimum Gasteiger partial charge on any atom is -0.481 e. The lowest BCUT2D eigenvalue weighted by Gasteiger charge is -2.23. The summed E-state index contributed by atoms with van der Waals surface area (Å²) in [6.07, 6.45) is 5.89. The van der Waals surface area contributed by atoms with E-state index in [1.54, 1.807) is 24.2 Å². The monoisotopic (exact) mass is 461 g/mol. The van der Waals surface area contributed by atoms with Gasteiger partial charge in [-0.2, -0.15) is 0 Å². The Morgan fingerprint density at radius 2 is 2.00 bits per heavy atom. The summed E-state index contributed by atoms with van der Waals surface area (Å²) in [6.45, 7) is 2.34. The molecule has 0 saturated heterocycles. The first-order chi connectivity index (χ1) is 16.4. The van der Waals surface area contributed by atoms with Crippen LogP contribution in [0.3, 0.4) is 0 Å². The van der Waals surface area contributed by atoms with Gasteiger partial charge in [0.05, 0.1) is 18.8 Å². The highest BCUT2D eigenvalue weighted by molar-refractivity contribution is 5.90. The Hall–Kier alpha value is -4.05. The average Bonchev–Trinajstić information content (AvgIpc) is 3.32. The van der Waals surface area contributed by atoms with Crippen LogP contribution in [0.2, 0.25) is 0 Å². The molecule has 176 valence electrons. The number of hydrogen-bond acceptors (Lipinski definition) is 7. The van der Waals surface area contributed by atoms with Crippen molar-refractivity contribution in [1.29, 1.82) is 0 Å². The Kier molecular flexibility index (Phi) is 6.98. The first kappa shape index (κ1) is 23.1. The standard InChI is InChI=1S/C24H27N7O3/c1-29-14-18(23(32)19-6-3-4-7-21(19)29)15-30(13-17-8-9-26-22(12-17)34-2)10-5-11-31-16-20(24(25)33)27-28-31/h3-4,6-9,12,14,16H,5,10-11,13,15H2,1-2H3,(H2,25,33). The number of nitrogens with two attached hydrogens (primary N) is 1.